The Morgan fingerprint density at radius 3 is 2.78 bits per heavy atom. The zero-order valence-corrected chi connectivity index (χ0v) is 5.51. The Kier molecular flexibility index (Phi) is 2.13. The second-order valence-electron chi connectivity index (χ2n) is 2.74. The van der Waals surface area contributed by atoms with Gasteiger partial charge in [0.15, 0.2) is 0 Å². The average molecular weight is 124 g/mol. The molecule has 1 nitrogen and oxygen atoms in total. The molecule has 2 atom stereocenters. The first-order valence-corrected chi connectivity index (χ1v) is 3.44. The van der Waals surface area contributed by atoms with E-state index in [4.69, 9.17) is 11.5 Å². The van der Waals surface area contributed by atoms with E-state index in [0.717, 1.165) is 25.7 Å². The molecule has 0 heterocycles. The quantitative estimate of drug-likeness (QED) is 0.520. The summed E-state index contributed by atoms with van der Waals surface area (Å²) < 4.78 is 0. The molecule has 0 aromatic carbocycles. The van der Waals surface area contributed by atoms with Crippen LogP contribution in [-0.2, 0) is 0 Å². The standard InChI is InChI=1S/C8H12O/c1-2-3-7-4-5-8(9)6-7/h1,7-9H,3-6H2/t7-,8?/m1/s1. The largest absolute Gasteiger partial charge is 0.393 e. The minimum Gasteiger partial charge on any atom is -0.393 e. The molecule has 1 aliphatic carbocycles. The van der Waals surface area contributed by atoms with Crippen LogP contribution in [0, 0.1) is 18.3 Å². The van der Waals surface area contributed by atoms with Crippen molar-refractivity contribution in [2.24, 2.45) is 5.92 Å². The molecule has 0 amide bonds. The summed E-state index contributed by atoms with van der Waals surface area (Å²) in [5.41, 5.74) is 0. The predicted molar refractivity (Wildman–Crippen MR) is 36.8 cm³/mol. The Morgan fingerprint density at radius 2 is 2.33 bits per heavy atom. The van der Waals surface area contributed by atoms with Gasteiger partial charge in [-0.3, -0.25) is 0 Å². The third kappa shape index (κ3) is 1.73. The van der Waals surface area contributed by atoms with E-state index in [0.29, 0.717) is 5.92 Å². The summed E-state index contributed by atoms with van der Waals surface area (Å²) in [6.07, 6.45) is 8.89. The highest BCUT2D eigenvalue weighted by molar-refractivity contribution is 4.89. The van der Waals surface area contributed by atoms with E-state index in [-0.39, 0.29) is 6.10 Å². The van der Waals surface area contributed by atoms with Gasteiger partial charge in [0.05, 0.1) is 6.10 Å². The molecule has 1 heteroatoms. The number of aliphatic hydroxyl groups excluding tert-OH is 1. The highest BCUT2D eigenvalue weighted by atomic mass is 16.3. The number of terminal acetylenes is 1. The molecule has 0 aliphatic heterocycles. The lowest BCUT2D eigenvalue weighted by Crippen LogP contribution is -1.99. The number of rotatable bonds is 1. The second kappa shape index (κ2) is 2.89. The molecule has 0 aromatic rings. The van der Waals surface area contributed by atoms with E-state index in [9.17, 15) is 0 Å². The van der Waals surface area contributed by atoms with Gasteiger partial charge in [-0.05, 0) is 25.2 Å². The van der Waals surface area contributed by atoms with Crippen LogP contribution in [0.4, 0.5) is 0 Å². The summed E-state index contributed by atoms with van der Waals surface area (Å²) in [4.78, 5) is 0. The maximum atomic E-state index is 9.06. The third-order valence-corrected chi connectivity index (χ3v) is 1.92. The lowest BCUT2D eigenvalue weighted by molar-refractivity contribution is 0.178. The van der Waals surface area contributed by atoms with Crippen LogP contribution in [0.15, 0.2) is 0 Å². The number of hydrogen-bond donors (Lipinski definition) is 1. The van der Waals surface area contributed by atoms with E-state index in [1.165, 1.54) is 0 Å². The van der Waals surface area contributed by atoms with Gasteiger partial charge in [-0.2, -0.15) is 0 Å². The molecule has 50 valence electrons. The zero-order valence-electron chi connectivity index (χ0n) is 5.51. The van der Waals surface area contributed by atoms with Crippen molar-refractivity contribution >= 4 is 0 Å². The van der Waals surface area contributed by atoms with Gasteiger partial charge in [-0.1, -0.05) is 0 Å². The lowest BCUT2D eigenvalue weighted by Gasteiger charge is -2.01. The van der Waals surface area contributed by atoms with E-state index in [2.05, 4.69) is 5.92 Å². The minimum atomic E-state index is -0.0663. The highest BCUT2D eigenvalue weighted by Gasteiger charge is 2.21. The van der Waals surface area contributed by atoms with Crippen LogP contribution < -0.4 is 0 Å². The monoisotopic (exact) mass is 124 g/mol. The van der Waals surface area contributed by atoms with E-state index < -0.39 is 0 Å². The van der Waals surface area contributed by atoms with Crippen molar-refractivity contribution in [1.82, 2.24) is 0 Å². The van der Waals surface area contributed by atoms with Crippen molar-refractivity contribution in [2.45, 2.75) is 31.8 Å². The van der Waals surface area contributed by atoms with Crippen LogP contribution in [0.2, 0.25) is 0 Å². The predicted octanol–water partition coefficient (Wildman–Crippen LogP) is 1.17. The van der Waals surface area contributed by atoms with Crippen molar-refractivity contribution in [3.05, 3.63) is 0 Å². The molecule has 1 rings (SSSR count). The minimum absolute atomic E-state index is 0.0663. The topological polar surface area (TPSA) is 20.2 Å². The van der Waals surface area contributed by atoms with Crippen LogP contribution in [0.3, 0.4) is 0 Å². The summed E-state index contributed by atoms with van der Waals surface area (Å²) >= 11 is 0. The third-order valence-electron chi connectivity index (χ3n) is 1.92. The van der Waals surface area contributed by atoms with E-state index in [1.54, 1.807) is 0 Å². The molecule has 1 saturated carbocycles. The van der Waals surface area contributed by atoms with Gasteiger partial charge in [0.1, 0.15) is 0 Å². The Labute approximate surface area is 56.1 Å². The summed E-state index contributed by atoms with van der Waals surface area (Å²) in [6, 6.07) is 0. The SMILES string of the molecule is C#CC[C@@H]1CCC(O)C1. The molecule has 0 bridgehead atoms. The van der Waals surface area contributed by atoms with Gasteiger partial charge in [0.25, 0.3) is 0 Å². The van der Waals surface area contributed by atoms with Crippen LogP contribution in [0.25, 0.3) is 0 Å². The second-order valence-corrected chi connectivity index (χ2v) is 2.74. The summed E-state index contributed by atoms with van der Waals surface area (Å²) in [5, 5.41) is 9.06. The smallest absolute Gasteiger partial charge is 0.0543 e. The molecule has 1 aliphatic rings. The van der Waals surface area contributed by atoms with Crippen molar-refractivity contribution in [3.8, 4) is 12.3 Å². The molecule has 1 N–H and O–H groups in total. The molecule has 9 heavy (non-hydrogen) atoms. The van der Waals surface area contributed by atoms with Crippen molar-refractivity contribution in [3.63, 3.8) is 0 Å². The van der Waals surface area contributed by atoms with Crippen molar-refractivity contribution in [1.29, 1.82) is 0 Å². The van der Waals surface area contributed by atoms with Gasteiger partial charge in [0.2, 0.25) is 0 Å². The van der Waals surface area contributed by atoms with Crippen LogP contribution in [-0.4, -0.2) is 11.2 Å². The zero-order chi connectivity index (χ0) is 6.69. The molecular weight excluding hydrogens is 112 g/mol. The lowest BCUT2D eigenvalue weighted by atomic mass is 10.1. The van der Waals surface area contributed by atoms with Crippen molar-refractivity contribution in [2.75, 3.05) is 0 Å². The Morgan fingerprint density at radius 1 is 1.56 bits per heavy atom. The summed E-state index contributed by atoms with van der Waals surface area (Å²) in [5.74, 6) is 3.22. The number of hydrogen-bond acceptors (Lipinski definition) is 1. The molecule has 0 saturated heterocycles. The van der Waals surface area contributed by atoms with Gasteiger partial charge in [0, 0.05) is 6.42 Å². The molecule has 0 spiro atoms. The fraction of sp³-hybridized carbons (Fsp3) is 0.750. The Bertz CT molecular complexity index is 123. The van der Waals surface area contributed by atoms with Gasteiger partial charge in [-0.15, -0.1) is 12.3 Å². The van der Waals surface area contributed by atoms with Gasteiger partial charge in [-0.25, -0.2) is 0 Å². The van der Waals surface area contributed by atoms with E-state index >= 15 is 0 Å². The fourth-order valence-electron chi connectivity index (χ4n) is 1.40. The number of aliphatic hydroxyl groups is 1. The van der Waals surface area contributed by atoms with Crippen molar-refractivity contribution < 1.29 is 5.11 Å². The maximum absolute atomic E-state index is 9.06. The molecule has 1 fully saturated rings. The highest BCUT2D eigenvalue weighted by Crippen LogP contribution is 2.27. The van der Waals surface area contributed by atoms with Gasteiger partial charge >= 0.3 is 0 Å². The van der Waals surface area contributed by atoms with Crippen LogP contribution in [0.5, 0.6) is 0 Å². The van der Waals surface area contributed by atoms with E-state index in [1.807, 2.05) is 0 Å². The summed E-state index contributed by atoms with van der Waals surface area (Å²) in [7, 11) is 0. The first kappa shape index (κ1) is 6.64. The normalized spacial score (nSPS) is 34.2. The van der Waals surface area contributed by atoms with Crippen LogP contribution >= 0.6 is 0 Å². The average Bonchev–Trinajstić information content (AvgIpc) is 2.17. The molecule has 0 radical (unpaired) electrons. The first-order valence-electron chi connectivity index (χ1n) is 3.44. The molecular formula is C8H12O. The molecule has 1 unspecified atom stereocenters. The molecule has 0 aromatic heterocycles. The van der Waals surface area contributed by atoms with Gasteiger partial charge < -0.3 is 5.11 Å². The maximum Gasteiger partial charge on any atom is 0.0543 e. The Balaban J connectivity index is 2.24. The summed E-state index contributed by atoms with van der Waals surface area (Å²) in [6.45, 7) is 0. The van der Waals surface area contributed by atoms with Crippen LogP contribution in [0.1, 0.15) is 25.7 Å². The Hall–Kier alpha value is -0.480. The first-order chi connectivity index (χ1) is 4.33. The fourth-order valence-corrected chi connectivity index (χ4v) is 1.40.